The molecule has 1 aliphatic heterocycles. The fourth-order valence-corrected chi connectivity index (χ4v) is 5.15. The summed E-state index contributed by atoms with van der Waals surface area (Å²) >= 11 is 5.78. The second-order valence-electron chi connectivity index (χ2n) is 7.69. The van der Waals surface area contributed by atoms with E-state index in [4.69, 9.17) is 22.1 Å². The average molecular weight is 470 g/mol. The molecule has 2 heterocycles. The lowest BCUT2D eigenvalue weighted by atomic mass is 9.84. The summed E-state index contributed by atoms with van der Waals surface area (Å²) in [7, 11) is -4.09. The van der Waals surface area contributed by atoms with E-state index in [-0.39, 0.29) is 29.3 Å². The Morgan fingerprint density at radius 3 is 2.74 bits per heavy atom. The van der Waals surface area contributed by atoms with Crippen LogP contribution in [-0.4, -0.2) is 44.2 Å². The molecule has 0 spiro atoms. The number of benzene rings is 1. The number of nitrogens with two attached hydrogens (primary N) is 1. The van der Waals surface area contributed by atoms with Gasteiger partial charge in [0.2, 0.25) is 0 Å². The van der Waals surface area contributed by atoms with Gasteiger partial charge in [-0.05, 0) is 30.2 Å². The van der Waals surface area contributed by atoms with Crippen molar-refractivity contribution < 1.29 is 26.7 Å². The predicted molar refractivity (Wildman–Crippen MR) is 109 cm³/mol. The molecule has 1 aliphatic carbocycles. The lowest BCUT2D eigenvalue weighted by Gasteiger charge is -2.32. The highest BCUT2D eigenvalue weighted by Gasteiger charge is 2.60. The number of rotatable bonds is 6. The number of carbonyl (C=O) groups is 1. The number of amidine groups is 1. The van der Waals surface area contributed by atoms with Crippen molar-refractivity contribution in [3.63, 3.8) is 0 Å². The number of aromatic nitrogens is 1. The number of nitrogens with zero attached hydrogens (tertiary/aromatic N) is 2. The van der Waals surface area contributed by atoms with Crippen molar-refractivity contribution in [1.29, 1.82) is 0 Å². The number of ether oxygens (including phenoxy) is 1. The van der Waals surface area contributed by atoms with Crippen molar-refractivity contribution in [2.24, 2.45) is 16.6 Å². The minimum absolute atomic E-state index is 0.106. The van der Waals surface area contributed by atoms with Crippen molar-refractivity contribution in [3.8, 4) is 0 Å². The Morgan fingerprint density at radius 2 is 2.13 bits per heavy atom. The molecule has 164 valence electrons. The van der Waals surface area contributed by atoms with Crippen molar-refractivity contribution in [3.05, 3.63) is 58.1 Å². The SMILES string of the molecule is CS(=O)(=O)c1c(F)cc(CC(=O)c2ccc(Cl)cn2)cc1[C@@]1(CF)N=C(N)O[C@@H]2C[C@@H]21. The number of pyridine rings is 1. The molecular weight excluding hydrogens is 452 g/mol. The third kappa shape index (κ3) is 3.89. The Hall–Kier alpha value is -2.59. The van der Waals surface area contributed by atoms with Crippen molar-refractivity contribution in [2.75, 3.05) is 12.9 Å². The molecule has 0 radical (unpaired) electrons. The Bertz CT molecular complexity index is 1200. The van der Waals surface area contributed by atoms with Crippen LogP contribution in [0.1, 0.15) is 28.0 Å². The zero-order chi connectivity index (χ0) is 22.6. The van der Waals surface area contributed by atoms with E-state index in [1.165, 1.54) is 24.4 Å². The number of ketones is 1. The monoisotopic (exact) mass is 469 g/mol. The molecule has 0 bridgehead atoms. The summed E-state index contributed by atoms with van der Waals surface area (Å²) < 4.78 is 59.6. The molecule has 3 atom stereocenters. The van der Waals surface area contributed by atoms with Crippen LogP contribution in [0, 0.1) is 11.7 Å². The maximum absolute atomic E-state index is 15.1. The number of aliphatic imine (C=N–C) groups is 1. The fraction of sp³-hybridized carbons (Fsp3) is 0.350. The molecule has 1 aromatic heterocycles. The average Bonchev–Trinajstić information content (AvgIpc) is 3.46. The number of fused-ring (bicyclic) bond motifs is 1. The number of halogens is 3. The summed E-state index contributed by atoms with van der Waals surface area (Å²) in [6.45, 7) is -1.10. The first-order chi connectivity index (χ1) is 14.5. The van der Waals surface area contributed by atoms with Crippen LogP contribution in [0.4, 0.5) is 8.78 Å². The zero-order valence-electron chi connectivity index (χ0n) is 16.3. The summed E-state index contributed by atoms with van der Waals surface area (Å²) in [5.41, 5.74) is 4.09. The van der Waals surface area contributed by atoms with Gasteiger partial charge in [0.15, 0.2) is 15.6 Å². The quantitative estimate of drug-likeness (QED) is 0.651. The van der Waals surface area contributed by atoms with Gasteiger partial charge in [-0.1, -0.05) is 17.7 Å². The molecule has 2 aromatic rings. The molecule has 0 saturated heterocycles. The number of carbonyl (C=O) groups excluding carboxylic acids is 1. The van der Waals surface area contributed by atoms with Crippen LogP contribution in [0.3, 0.4) is 0 Å². The van der Waals surface area contributed by atoms with Gasteiger partial charge in [0.1, 0.15) is 34.7 Å². The molecule has 2 N–H and O–H groups in total. The number of hydrogen-bond donors (Lipinski definition) is 1. The molecular formula is C20H18ClF2N3O4S. The highest BCUT2D eigenvalue weighted by molar-refractivity contribution is 7.90. The summed E-state index contributed by atoms with van der Waals surface area (Å²) in [4.78, 5) is 20.0. The lowest BCUT2D eigenvalue weighted by molar-refractivity contribution is 0.0988. The van der Waals surface area contributed by atoms with Crippen LogP contribution in [0.25, 0.3) is 0 Å². The second kappa shape index (κ2) is 7.52. The van der Waals surface area contributed by atoms with Gasteiger partial charge >= 0.3 is 0 Å². The largest absolute Gasteiger partial charge is 0.462 e. The standard InChI is InChI=1S/C20H18ClF2N3O4S/c1-31(28,29)18-13(20(9-22)12-7-17(12)30-19(24)26-20)4-10(5-14(18)23)6-16(27)15-3-2-11(21)8-25-15/h2-5,8,12,17H,6-7,9H2,1H3,(H2,24,26)/t12-,17+,20-/m0/s1. The van der Waals surface area contributed by atoms with Gasteiger partial charge in [-0.15, -0.1) is 0 Å². The minimum Gasteiger partial charge on any atom is -0.462 e. The second-order valence-corrected chi connectivity index (χ2v) is 10.1. The van der Waals surface area contributed by atoms with Crippen molar-refractivity contribution in [2.45, 2.75) is 29.4 Å². The molecule has 11 heteroatoms. The highest BCUT2D eigenvalue weighted by Crippen LogP contribution is 2.54. The van der Waals surface area contributed by atoms with Gasteiger partial charge in [-0.2, -0.15) is 0 Å². The van der Waals surface area contributed by atoms with Gasteiger partial charge < -0.3 is 10.5 Å². The number of hydrogen-bond acceptors (Lipinski definition) is 7. The molecule has 7 nitrogen and oxygen atoms in total. The third-order valence-electron chi connectivity index (χ3n) is 5.45. The predicted octanol–water partition coefficient (Wildman–Crippen LogP) is 2.60. The van der Waals surface area contributed by atoms with E-state index in [1.54, 1.807) is 0 Å². The Balaban J connectivity index is 1.84. The Kier molecular flexibility index (Phi) is 5.25. The first-order valence-electron chi connectivity index (χ1n) is 9.31. The molecule has 31 heavy (non-hydrogen) atoms. The van der Waals surface area contributed by atoms with E-state index in [2.05, 4.69) is 9.98 Å². The molecule has 4 rings (SSSR count). The number of alkyl halides is 1. The molecule has 1 aromatic carbocycles. The first kappa shape index (κ1) is 21.6. The van der Waals surface area contributed by atoms with Crippen LogP contribution < -0.4 is 5.73 Å². The van der Waals surface area contributed by atoms with E-state index in [0.717, 1.165) is 12.3 Å². The maximum atomic E-state index is 15.1. The minimum atomic E-state index is -4.09. The van der Waals surface area contributed by atoms with Gasteiger partial charge in [0.25, 0.3) is 6.02 Å². The topological polar surface area (TPSA) is 112 Å². The van der Waals surface area contributed by atoms with Crippen molar-refractivity contribution in [1.82, 2.24) is 4.98 Å². The van der Waals surface area contributed by atoms with E-state index in [0.29, 0.717) is 11.4 Å². The Morgan fingerprint density at radius 1 is 1.39 bits per heavy atom. The summed E-state index contributed by atoms with van der Waals surface area (Å²) in [6, 6.07) is 4.89. The zero-order valence-corrected chi connectivity index (χ0v) is 17.9. The fourth-order valence-electron chi connectivity index (χ4n) is 3.99. The summed E-state index contributed by atoms with van der Waals surface area (Å²) in [6.07, 6.45) is 1.83. The van der Waals surface area contributed by atoms with Crippen LogP contribution in [0.15, 0.2) is 40.4 Å². The lowest BCUT2D eigenvalue weighted by Crippen LogP contribution is -2.40. The third-order valence-corrected chi connectivity index (χ3v) is 6.83. The Labute approximate surface area is 182 Å². The molecule has 1 fully saturated rings. The first-order valence-corrected chi connectivity index (χ1v) is 11.6. The normalized spacial score (nSPS) is 24.7. The van der Waals surface area contributed by atoms with E-state index < -0.39 is 50.6 Å². The van der Waals surface area contributed by atoms with Crippen molar-refractivity contribution >= 4 is 33.2 Å². The summed E-state index contributed by atoms with van der Waals surface area (Å²) in [5, 5.41) is 0.348. The highest BCUT2D eigenvalue weighted by atomic mass is 35.5. The molecule has 0 amide bonds. The van der Waals surface area contributed by atoms with Gasteiger partial charge in [-0.25, -0.2) is 22.2 Å². The van der Waals surface area contributed by atoms with E-state index in [9.17, 15) is 17.6 Å². The van der Waals surface area contributed by atoms with E-state index in [1.807, 2.05) is 0 Å². The van der Waals surface area contributed by atoms with Crippen LogP contribution in [0.2, 0.25) is 5.02 Å². The van der Waals surface area contributed by atoms with E-state index >= 15 is 4.39 Å². The number of Topliss-reactive ketones (excluding diaryl/α,β-unsaturated/α-hetero) is 1. The van der Waals surface area contributed by atoms with Crippen LogP contribution in [-0.2, 0) is 26.5 Å². The van der Waals surface area contributed by atoms with Crippen LogP contribution in [0.5, 0.6) is 0 Å². The maximum Gasteiger partial charge on any atom is 0.283 e. The smallest absolute Gasteiger partial charge is 0.283 e. The van der Waals surface area contributed by atoms with Gasteiger partial charge in [0.05, 0.1) is 5.02 Å². The van der Waals surface area contributed by atoms with Gasteiger partial charge in [0, 0.05) is 30.4 Å². The molecule has 0 unspecified atom stereocenters. The van der Waals surface area contributed by atoms with Gasteiger partial charge in [-0.3, -0.25) is 9.78 Å². The molecule has 2 aliphatic rings. The number of sulfone groups is 1. The van der Waals surface area contributed by atoms with Crippen LogP contribution >= 0.6 is 11.6 Å². The summed E-state index contributed by atoms with van der Waals surface area (Å²) in [5.74, 6) is -2.02. The molecule has 1 saturated carbocycles.